The topological polar surface area (TPSA) is 54.9 Å². The second-order valence-corrected chi connectivity index (χ2v) is 8.11. The molecule has 0 spiro atoms. The Hall–Kier alpha value is -0.620. The van der Waals surface area contributed by atoms with Crippen molar-refractivity contribution in [1.82, 2.24) is 10.2 Å². The van der Waals surface area contributed by atoms with Crippen LogP contribution in [0.4, 0.5) is 5.13 Å². The smallest absolute Gasteiger partial charge is 0.226 e. The number of carbonyl (C=O) groups is 1. The lowest BCUT2D eigenvalue weighted by Crippen LogP contribution is -2.12. The van der Waals surface area contributed by atoms with E-state index in [9.17, 15) is 4.79 Å². The summed E-state index contributed by atoms with van der Waals surface area (Å²) in [7, 11) is 0. The Bertz CT molecular complexity index is 453. The molecule has 1 heterocycles. The first-order valence-corrected chi connectivity index (χ1v) is 9.36. The van der Waals surface area contributed by atoms with E-state index in [1.807, 2.05) is 0 Å². The molecular weight excluding hydrogens is 290 g/mol. The molecule has 0 unspecified atom stereocenters. The van der Waals surface area contributed by atoms with E-state index in [2.05, 4.69) is 15.5 Å². The lowest BCUT2D eigenvalue weighted by Gasteiger charge is -2.07. The van der Waals surface area contributed by atoms with Gasteiger partial charge in [-0.15, -0.1) is 10.2 Å². The number of carbonyl (C=O) groups excluding carboxylic acids is 1. The van der Waals surface area contributed by atoms with Crippen LogP contribution in [0, 0.1) is 11.8 Å². The third kappa shape index (κ3) is 4.45. The van der Waals surface area contributed by atoms with E-state index < -0.39 is 0 Å². The van der Waals surface area contributed by atoms with Crippen molar-refractivity contribution in [2.45, 2.75) is 55.7 Å². The maximum Gasteiger partial charge on any atom is 0.226 e. The Morgan fingerprint density at radius 1 is 1.20 bits per heavy atom. The molecule has 1 aromatic rings. The maximum absolute atomic E-state index is 11.9. The van der Waals surface area contributed by atoms with Crippen LogP contribution in [-0.4, -0.2) is 21.9 Å². The fourth-order valence-electron chi connectivity index (χ4n) is 2.61. The Labute approximate surface area is 128 Å². The van der Waals surface area contributed by atoms with Gasteiger partial charge in [0, 0.05) is 12.2 Å². The van der Waals surface area contributed by atoms with E-state index in [1.54, 1.807) is 11.8 Å². The molecular formula is C14H21N3OS2. The van der Waals surface area contributed by atoms with Crippen molar-refractivity contribution in [3.63, 3.8) is 0 Å². The molecule has 2 fully saturated rings. The summed E-state index contributed by atoms with van der Waals surface area (Å²) in [6.07, 6.45) is 9.63. The van der Waals surface area contributed by atoms with Gasteiger partial charge in [-0.25, -0.2) is 0 Å². The molecule has 3 rings (SSSR count). The van der Waals surface area contributed by atoms with E-state index >= 15 is 0 Å². The minimum absolute atomic E-state index is 0.0896. The van der Waals surface area contributed by atoms with Crippen molar-refractivity contribution in [1.29, 1.82) is 0 Å². The molecule has 0 saturated heterocycles. The number of rotatable bonds is 7. The van der Waals surface area contributed by atoms with E-state index in [-0.39, 0.29) is 5.91 Å². The molecule has 2 aliphatic rings. The Kier molecular flexibility index (Phi) is 4.94. The van der Waals surface area contributed by atoms with Gasteiger partial charge in [-0.05, 0) is 31.1 Å². The summed E-state index contributed by atoms with van der Waals surface area (Å²) in [5.74, 6) is 2.88. The quantitative estimate of drug-likeness (QED) is 0.612. The normalized spacial score (nSPS) is 19.4. The first-order chi connectivity index (χ1) is 9.79. The number of thioether (sulfide) groups is 1. The molecule has 0 atom stereocenters. The van der Waals surface area contributed by atoms with Crippen molar-refractivity contribution >= 4 is 34.1 Å². The second-order valence-electron chi connectivity index (χ2n) is 5.86. The Morgan fingerprint density at radius 3 is 2.75 bits per heavy atom. The molecule has 0 aliphatic heterocycles. The summed E-state index contributed by atoms with van der Waals surface area (Å²) in [5.41, 5.74) is 0. The van der Waals surface area contributed by atoms with Gasteiger partial charge in [-0.1, -0.05) is 48.8 Å². The maximum atomic E-state index is 11.9. The zero-order chi connectivity index (χ0) is 13.8. The van der Waals surface area contributed by atoms with Crippen LogP contribution in [-0.2, 0) is 4.79 Å². The van der Waals surface area contributed by atoms with Gasteiger partial charge >= 0.3 is 0 Å². The highest BCUT2D eigenvalue weighted by molar-refractivity contribution is 8.01. The minimum Gasteiger partial charge on any atom is -0.301 e. The van der Waals surface area contributed by atoms with Gasteiger partial charge < -0.3 is 5.32 Å². The molecule has 20 heavy (non-hydrogen) atoms. The lowest BCUT2D eigenvalue weighted by molar-refractivity contribution is -0.116. The van der Waals surface area contributed by atoms with Crippen LogP contribution < -0.4 is 5.32 Å². The molecule has 0 aromatic carbocycles. The van der Waals surface area contributed by atoms with Crippen molar-refractivity contribution < 1.29 is 4.79 Å². The highest BCUT2D eigenvalue weighted by Gasteiger charge is 2.22. The van der Waals surface area contributed by atoms with Crippen LogP contribution in [0.2, 0.25) is 0 Å². The zero-order valence-corrected chi connectivity index (χ0v) is 13.3. The molecule has 1 amide bonds. The molecule has 4 nitrogen and oxygen atoms in total. The monoisotopic (exact) mass is 311 g/mol. The molecule has 1 N–H and O–H groups in total. The fourth-order valence-corrected chi connectivity index (χ4v) is 4.59. The summed E-state index contributed by atoms with van der Waals surface area (Å²) in [6.45, 7) is 0. The number of hydrogen-bond acceptors (Lipinski definition) is 5. The average Bonchev–Trinajstić information content (AvgIpc) is 2.94. The predicted octanol–water partition coefficient (Wildman–Crippen LogP) is 3.95. The number of anilines is 1. The van der Waals surface area contributed by atoms with Gasteiger partial charge in [-0.3, -0.25) is 4.79 Å². The standard InChI is InChI=1S/C14H21N3OS2/c18-12(8-7-10-3-1-2-4-10)15-13-16-17-14(20-13)19-9-11-5-6-11/h10-11H,1-9H2,(H,15,16,18). The summed E-state index contributed by atoms with van der Waals surface area (Å²) in [5, 5.41) is 11.7. The van der Waals surface area contributed by atoms with Gasteiger partial charge in [0.15, 0.2) is 4.34 Å². The van der Waals surface area contributed by atoms with E-state index in [0.29, 0.717) is 11.6 Å². The number of nitrogens with one attached hydrogen (secondary N) is 1. The van der Waals surface area contributed by atoms with Crippen molar-refractivity contribution in [3.8, 4) is 0 Å². The Balaban J connectivity index is 1.38. The van der Waals surface area contributed by atoms with Crippen LogP contribution in [0.3, 0.4) is 0 Å². The molecule has 110 valence electrons. The van der Waals surface area contributed by atoms with Gasteiger partial charge in [0.25, 0.3) is 0 Å². The largest absolute Gasteiger partial charge is 0.301 e. The zero-order valence-electron chi connectivity index (χ0n) is 11.6. The van der Waals surface area contributed by atoms with E-state index in [0.717, 1.165) is 28.3 Å². The summed E-state index contributed by atoms with van der Waals surface area (Å²) in [4.78, 5) is 11.9. The number of aromatic nitrogens is 2. The van der Waals surface area contributed by atoms with E-state index in [4.69, 9.17) is 0 Å². The average molecular weight is 311 g/mol. The molecule has 6 heteroatoms. The van der Waals surface area contributed by atoms with Crippen LogP contribution in [0.5, 0.6) is 0 Å². The van der Waals surface area contributed by atoms with Gasteiger partial charge in [-0.2, -0.15) is 0 Å². The van der Waals surface area contributed by atoms with Crippen molar-refractivity contribution in [3.05, 3.63) is 0 Å². The van der Waals surface area contributed by atoms with Crippen molar-refractivity contribution in [2.24, 2.45) is 11.8 Å². The predicted molar refractivity (Wildman–Crippen MR) is 83.2 cm³/mol. The number of nitrogens with zero attached hydrogens (tertiary/aromatic N) is 2. The van der Waals surface area contributed by atoms with Gasteiger partial charge in [0.1, 0.15) is 0 Å². The van der Waals surface area contributed by atoms with Crippen LogP contribution in [0.25, 0.3) is 0 Å². The first-order valence-electron chi connectivity index (χ1n) is 7.56. The van der Waals surface area contributed by atoms with Crippen molar-refractivity contribution in [2.75, 3.05) is 11.1 Å². The Morgan fingerprint density at radius 2 is 2.00 bits per heavy atom. The summed E-state index contributed by atoms with van der Waals surface area (Å²) in [6, 6.07) is 0. The minimum atomic E-state index is 0.0896. The number of hydrogen-bond donors (Lipinski definition) is 1. The van der Waals surface area contributed by atoms with Crippen LogP contribution >= 0.6 is 23.1 Å². The fraction of sp³-hybridized carbons (Fsp3) is 0.786. The summed E-state index contributed by atoms with van der Waals surface area (Å²) >= 11 is 3.26. The number of amides is 1. The van der Waals surface area contributed by atoms with Gasteiger partial charge in [0.05, 0.1) is 0 Å². The molecule has 0 bridgehead atoms. The first kappa shape index (κ1) is 14.3. The SMILES string of the molecule is O=C(CCC1CCCC1)Nc1nnc(SCC2CC2)s1. The third-order valence-corrected chi connectivity index (χ3v) is 6.25. The highest BCUT2D eigenvalue weighted by Crippen LogP contribution is 2.36. The lowest BCUT2D eigenvalue weighted by atomic mass is 10.0. The van der Waals surface area contributed by atoms with E-state index in [1.165, 1.54) is 49.9 Å². The van der Waals surface area contributed by atoms with Crippen LogP contribution in [0.15, 0.2) is 4.34 Å². The molecule has 2 aliphatic carbocycles. The second kappa shape index (κ2) is 6.89. The summed E-state index contributed by atoms with van der Waals surface area (Å²) < 4.78 is 0.975. The van der Waals surface area contributed by atoms with Crippen LogP contribution in [0.1, 0.15) is 51.4 Å². The molecule has 1 aromatic heterocycles. The molecule has 0 radical (unpaired) electrons. The third-order valence-electron chi connectivity index (χ3n) is 4.05. The van der Waals surface area contributed by atoms with Gasteiger partial charge in [0.2, 0.25) is 11.0 Å². The molecule has 2 saturated carbocycles. The highest BCUT2D eigenvalue weighted by atomic mass is 32.2.